The lowest BCUT2D eigenvalue weighted by Crippen LogP contribution is -2.37. The predicted molar refractivity (Wildman–Crippen MR) is 122 cm³/mol. The highest BCUT2D eigenvalue weighted by Gasteiger charge is 2.30. The van der Waals surface area contributed by atoms with Gasteiger partial charge in [-0.2, -0.15) is 0 Å². The molecular weight excluding hydrogens is 404 g/mol. The maximum atomic E-state index is 12.8. The van der Waals surface area contributed by atoms with Gasteiger partial charge in [-0.1, -0.05) is 37.7 Å². The van der Waals surface area contributed by atoms with Crippen LogP contribution in [-0.4, -0.2) is 34.7 Å². The molecule has 0 spiro atoms. The van der Waals surface area contributed by atoms with E-state index in [-0.39, 0.29) is 18.2 Å². The van der Waals surface area contributed by atoms with Crippen molar-refractivity contribution in [2.24, 2.45) is 0 Å². The lowest BCUT2D eigenvalue weighted by atomic mass is 10.0. The minimum Gasteiger partial charge on any atom is -0.481 e. The molecule has 1 aliphatic rings. The molecule has 2 aromatic rings. The minimum absolute atomic E-state index is 0.0918. The third-order valence-electron chi connectivity index (χ3n) is 4.57. The van der Waals surface area contributed by atoms with Crippen LogP contribution in [0, 0.1) is 0 Å². The second kappa shape index (κ2) is 8.71. The molecule has 0 fully saturated rings. The summed E-state index contributed by atoms with van der Waals surface area (Å²) in [5, 5.41) is 5.33. The largest absolute Gasteiger partial charge is 0.481 e. The van der Waals surface area contributed by atoms with Crippen molar-refractivity contribution in [2.45, 2.75) is 58.3 Å². The molecule has 1 amide bonds. The molecule has 1 aromatic heterocycles. The predicted octanol–water partition coefficient (Wildman–Crippen LogP) is 6.00. The van der Waals surface area contributed by atoms with Crippen LogP contribution in [0.1, 0.15) is 57.0 Å². The van der Waals surface area contributed by atoms with E-state index >= 15 is 0 Å². The molecule has 29 heavy (non-hydrogen) atoms. The summed E-state index contributed by atoms with van der Waals surface area (Å²) in [5.74, 6) is 0.783. The average molecular weight is 433 g/mol. The molecule has 3 rings (SSSR count). The van der Waals surface area contributed by atoms with Crippen LogP contribution in [0.4, 0.5) is 10.5 Å². The fourth-order valence-electron chi connectivity index (χ4n) is 3.26. The molecule has 0 bridgehead atoms. The average Bonchev–Trinajstić information content (AvgIpc) is 3.15. The van der Waals surface area contributed by atoms with E-state index in [0.717, 1.165) is 34.7 Å². The van der Waals surface area contributed by atoms with E-state index in [1.165, 1.54) is 0 Å². The highest BCUT2D eigenvalue weighted by molar-refractivity contribution is 7.80. The summed E-state index contributed by atoms with van der Waals surface area (Å²) < 4.78 is 11.7. The molecule has 0 radical (unpaired) electrons. The summed E-state index contributed by atoms with van der Waals surface area (Å²) in [6, 6.07) is 9.71. The van der Waals surface area contributed by atoms with E-state index in [4.69, 9.17) is 21.7 Å². The topological polar surface area (TPSA) is 50.8 Å². The molecule has 2 atom stereocenters. The van der Waals surface area contributed by atoms with Crippen LogP contribution in [0.5, 0.6) is 5.75 Å². The molecule has 0 saturated carbocycles. The lowest BCUT2D eigenvalue weighted by molar-refractivity contribution is 0.0251. The Morgan fingerprint density at radius 2 is 2.14 bits per heavy atom. The van der Waals surface area contributed by atoms with Crippen LogP contribution >= 0.6 is 23.6 Å². The lowest BCUT2D eigenvalue weighted by Gasteiger charge is -2.32. The number of nitrogens with one attached hydrogen (secondary N) is 1. The SMILES string of the molecule is CCCC1Oc2ccc(C(c3cccs3)N(C)C(=O)OC(C)(C)C)cc2NC1=S. The van der Waals surface area contributed by atoms with Crippen molar-refractivity contribution < 1.29 is 14.3 Å². The third kappa shape index (κ3) is 5.08. The Morgan fingerprint density at radius 3 is 2.76 bits per heavy atom. The molecular formula is C22H28N2O3S2. The van der Waals surface area contributed by atoms with Gasteiger partial charge in [0, 0.05) is 11.9 Å². The van der Waals surface area contributed by atoms with Gasteiger partial charge in [-0.25, -0.2) is 4.79 Å². The number of benzene rings is 1. The molecule has 2 heterocycles. The van der Waals surface area contributed by atoms with Crippen molar-refractivity contribution in [3.05, 3.63) is 46.2 Å². The number of fused-ring (bicyclic) bond motifs is 1. The second-order valence-electron chi connectivity index (χ2n) is 8.15. The normalized spacial score (nSPS) is 17.0. The number of rotatable bonds is 5. The summed E-state index contributed by atoms with van der Waals surface area (Å²) in [6.45, 7) is 7.72. The van der Waals surface area contributed by atoms with Crippen molar-refractivity contribution in [3.8, 4) is 5.75 Å². The van der Waals surface area contributed by atoms with Crippen LogP contribution in [0.15, 0.2) is 35.7 Å². The number of hydrogen-bond acceptors (Lipinski definition) is 5. The first-order valence-electron chi connectivity index (χ1n) is 9.80. The van der Waals surface area contributed by atoms with Gasteiger partial charge in [0.25, 0.3) is 0 Å². The Kier molecular flexibility index (Phi) is 6.49. The van der Waals surface area contributed by atoms with Crippen molar-refractivity contribution in [2.75, 3.05) is 12.4 Å². The first-order valence-corrected chi connectivity index (χ1v) is 11.1. The molecule has 2 unspecified atom stereocenters. The summed E-state index contributed by atoms with van der Waals surface area (Å²) >= 11 is 7.10. The number of thiophene rings is 1. The monoisotopic (exact) mass is 432 g/mol. The number of thiocarbonyl (C=S) groups is 1. The van der Waals surface area contributed by atoms with Gasteiger partial charge < -0.3 is 14.8 Å². The van der Waals surface area contributed by atoms with Crippen LogP contribution in [-0.2, 0) is 4.74 Å². The quantitative estimate of drug-likeness (QED) is 0.587. The molecule has 1 N–H and O–H groups in total. The number of amides is 1. The summed E-state index contributed by atoms with van der Waals surface area (Å²) in [6.07, 6.45) is 1.43. The Bertz CT molecular complexity index is 875. The molecule has 0 saturated heterocycles. The Balaban J connectivity index is 1.93. The van der Waals surface area contributed by atoms with Crippen molar-refractivity contribution in [3.63, 3.8) is 0 Å². The van der Waals surface area contributed by atoms with Crippen LogP contribution < -0.4 is 10.1 Å². The maximum Gasteiger partial charge on any atom is 0.410 e. The van der Waals surface area contributed by atoms with E-state index in [2.05, 4.69) is 12.2 Å². The zero-order valence-electron chi connectivity index (χ0n) is 17.5. The summed E-state index contributed by atoms with van der Waals surface area (Å²) in [4.78, 5) is 16.2. The Labute approximate surface area is 182 Å². The van der Waals surface area contributed by atoms with Crippen molar-refractivity contribution >= 4 is 40.3 Å². The second-order valence-corrected chi connectivity index (χ2v) is 9.57. The maximum absolute atomic E-state index is 12.8. The zero-order valence-corrected chi connectivity index (χ0v) is 19.2. The molecule has 0 aliphatic carbocycles. The number of hydrogen-bond donors (Lipinski definition) is 1. The van der Waals surface area contributed by atoms with Gasteiger partial charge in [-0.15, -0.1) is 11.3 Å². The van der Waals surface area contributed by atoms with Gasteiger partial charge in [0.15, 0.2) is 0 Å². The molecule has 1 aromatic carbocycles. The fourth-order valence-corrected chi connectivity index (χ4v) is 4.43. The highest BCUT2D eigenvalue weighted by Crippen LogP contribution is 2.38. The zero-order chi connectivity index (χ0) is 21.2. The smallest absolute Gasteiger partial charge is 0.410 e. The third-order valence-corrected chi connectivity index (χ3v) is 5.86. The van der Waals surface area contributed by atoms with Gasteiger partial charge in [0.2, 0.25) is 0 Å². The minimum atomic E-state index is -0.558. The number of ether oxygens (including phenoxy) is 2. The van der Waals surface area contributed by atoms with E-state index in [0.29, 0.717) is 4.99 Å². The highest BCUT2D eigenvalue weighted by atomic mass is 32.1. The fraction of sp³-hybridized carbons (Fsp3) is 0.455. The molecule has 156 valence electrons. The molecule has 1 aliphatic heterocycles. The Morgan fingerprint density at radius 1 is 1.38 bits per heavy atom. The first-order chi connectivity index (χ1) is 13.7. The van der Waals surface area contributed by atoms with E-state index in [1.54, 1.807) is 23.3 Å². The first kappa shape index (κ1) is 21.6. The number of carbonyl (C=O) groups excluding carboxylic acids is 1. The van der Waals surface area contributed by atoms with Crippen LogP contribution in [0.2, 0.25) is 0 Å². The van der Waals surface area contributed by atoms with Gasteiger partial charge >= 0.3 is 6.09 Å². The number of anilines is 1. The Hall–Kier alpha value is -2.12. The number of nitrogens with zero attached hydrogens (tertiary/aromatic N) is 1. The molecule has 7 heteroatoms. The van der Waals surface area contributed by atoms with Crippen LogP contribution in [0.3, 0.4) is 0 Å². The van der Waals surface area contributed by atoms with E-state index in [1.807, 2.05) is 56.5 Å². The summed E-state index contributed by atoms with van der Waals surface area (Å²) in [7, 11) is 1.77. The number of carbonyl (C=O) groups is 1. The van der Waals surface area contributed by atoms with Crippen molar-refractivity contribution in [1.82, 2.24) is 4.90 Å². The van der Waals surface area contributed by atoms with Gasteiger partial charge in [0.05, 0.1) is 11.7 Å². The van der Waals surface area contributed by atoms with Gasteiger partial charge in [-0.05, 0) is 56.3 Å². The van der Waals surface area contributed by atoms with Crippen LogP contribution in [0.25, 0.3) is 0 Å². The van der Waals surface area contributed by atoms with Gasteiger partial charge in [0.1, 0.15) is 22.4 Å². The van der Waals surface area contributed by atoms with Gasteiger partial charge in [-0.3, -0.25) is 4.90 Å². The van der Waals surface area contributed by atoms with E-state index in [9.17, 15) is 4.79 Å². The molecule has 5 nitrogen and oxygen atoms in total. The van der Waals surface area contributed by atoms with E-state index < -0.39 is 5.60 Å². The van der Waals surface area contributed by atoms with Crippen molar-refractivity contribution in [1.29, 1.82) is 0 Å². The summed E-state index contributed by atoms with van der Waals surface area (Å²) in [5.41, 5.74) is 1.24. The standard InChI is InChI=1S/C22H28N2O3S2/c1-6-8-17-20(28)23-15-13-14(10-11-16(15)26-17)19(18-9-7-12-29-18)24(5)21(25)27-22(2,3)4/h7,9-13,17,19H,6,8H2,1-5H3,(H,23,28).